The Kier molecular flexibility index (Phi) is 6.60. The van der Waals surface area contributed by atoms with Crippen molar-refractivity contribution in [2.24, 2.45) is 5.92 Å². The van der Waals surface area contributed by atoms with Crippen molar-refractivity contribution in [2.75, 3.05) is 10.6 Å². The first-order valence-corrected chi connectivity index (χ1v) is 12.6. The molecule has 1 fully saturated rings. The standard InChI is InChI=1S/C25H17Cl5N4O2/c1-11-2-4-16-19(6-11)33-34-22(16)32-23(35)17-10-15(3-5-18(17)28)31-24(36)21-20(25(21,29)30)12-7-13(26)9-14(27)8-12/h2-10,20-21H,1H3,(H,31,36)(H2,32,33,34,35)/t20-,21+/m0/s1. The normalized spacial score (nSPS) is 18.2. The molecule has 36 heavy (non-hydrogen) atoms. The number of carbonyl (C=O) groups excluding carboxylic acids is 2. The van der Waals surface area contributed by atoms with Gasteiger partial charge in [-0.3, -0.25) is 14.7 Å². The lowest BCUT2D eigenvalue weighted by molar-refractivity contribution is -0.117. The molecule has 1 heterocycles. The van der Waals surface area contributed by atoms with Gasteiger partial charge in [-0.15, -0.1) is 23.2 Å². The van der Waals surface area contributed by atoms with E-state index >= 15 is 0 Å². The summed E-state index contributed by atoms with van der Waals surface area (Å²) in [5.74, 6) is -1.77. The number of halogens is 5. The lowest BCUT2D eigenvalue weighted by Gasteiger charge is -2.10. The molecule has 3 aromatic carbocycles. The fraction of sp³-hybridized carbons (Fsp3) is 0.160. The minimum absolute atomic E-state index is 0.162. The lowest BCUT2D eigenvalue weighted by atomic mass is 10.1. The highest BCUT2D eigenvalue weighted by Gasteiger charge is 2.67. The molecular weight excluding hydrogens is 566 g/mol. The number of aromatic amines is 1. The molecule has 0 unspecified atom stereocenters. The second-order valence-electron chi connectivity index (χ2n) is 8.59. The Morgan fingerprint density at radius 2 is 1.67 bits per heavy atom. The molecule has 1 aliphatic rings. The van der Waals surface area contributed by atoms with Crippen LogP contribution in [0.25, 0.3) is 10.9 Å². The van der Waals surface area contributed by atoms with Crippen LogP contribution in [0.4, 0.5) is 11.5 Å². The third-order valence-electron chi connectivity index (χ3n) is 6.01. The van der Waals surface area contributed by atoms with Gasteiger partial charge in [0.1, 0.15) is 4.33 Å². The maximum Gasteiger partial charge on any atom is 0.258 e. The van der Waals surface area contributed by atoms with E-state index in [2.05, 4.69) is 20.8 Å². The number of hydrogen-bond acceptors (Lipinski definition) is 3. The van der Waals surface area contributed by atoms with E-state index in [-0.39, 0.29) is 10.6 Å². The number of hydrogen-bond donors (Lipinski definition) is 3. The Morgan fingerprint density at radius 1 is 0.944 bits per heavy atom. The molecule has 6 nitrogen and oxygen atoms in total. The molecule has 4 aromatic rings. The summed E-state index contributed by atoms with van der Waals surface area (Å²) in [5, 5.41) is 14.4. The number of H-pyrrole nitrogens is 1. The van der Waals surface area contributed by atoms with Crippen LogP contribution < -0.4 is 10.6 Å². The van der Waals surface area contributed by atoms with E-state index in [1.165, 1.54) is 12.1 Å². The van der Waals surface area contributed by atoms with Crippen LogP contribution in [0, 0.1) is 12.8 Å². The molecule has 2 amide bonds. The average Bonchev–Trinajstić information content (AvgIpc) is 3.18. The maximum atomic E-state index is 13.0. The molecule has 1 aromatic heterocycles. The van der Waals surface area contributed by atoms with Gasteiger partial charge in [-0.05, 0) is 66.6 Å². The number of rotatable bonds is 5. The Balaban J connectivity index is 1.34. The van der Waals surface area contributed by atoms with Crippen LogP contribution >= 0.6 is 58.0 Å². The Hall–Kier alpha value is -2.48. The highest BCUT2D eigenvalue weighted by molar-refractivity contribution is 6.53. The Morgan fingerprint density at radius 3 is 2.39 bits per heavy atom. The molecule has 1 saturated carbocycles. The van der Waals surface area contributed by atoms with Crippen LogP contribution in [0.3, 0.4) is 0 Å². The zero-order valence-electron chi connectivity index (χ0n) is 18.5. The summed E-state index contributed by atoms with van der Waals surface area (Å²) >= 11 is 31.4. The minimum Gasteiger partial charge on any atom is -0.326 e. The number of aromatic nitrogens is 2. The number of amides is 2. The van der Waals surface area contributed by atoms with E-state index < -0.39 is 28.0 Å². The third kappa shape index (κ3) is 4.76. The summed E-state index contributed by atoms with van der Waals surface area (Å²) in [6, 6.07) is 15.2. The van der Waals surface area contributed by atoms with Gasteiger partial charge in [0.15, 0.2) is 5.82 Å². The van der Waals surface area contributed by atoms with E-state index in [0.717, 1.165) is 16.5 Å². The molecular formula is C25H17Cl5N4O2. The Bertz CT molecular complexity index is 1510. The fourth-order valence-corrected chi connectivity index (χ4v) is 5.80. The van der Waals surface area contributed by atoms with Crippen LogP contribution in [-0.2, 0) is 4.79 Å². The van der Waals surface area contributed by atoms with Gasteiger partial charge in [-0.2, -0.15) is 5.10 Å². The molecule has 5 rings (SSSR count). The third-order valence-corrected chi connectivity index (χ3v) is 7.72. The van der Waals surface area contributed by atoms with E-state index in [1.54, 1.807) is 24.3 Å². The number of alkyl halides is 2. The summed E-state index contributed by atoms with van der Waals surface area (Å²) < 4.78 is -1.33. The van der Waals surface area contributed by atoms with Crippen LogP contribution in [0.5, 0.6) is 0 Å². The summed E-state index contributed by atoms with van der Waals surface area (Å²) in [4.78, 5) is 26.0. The van der Waals surface area contributed by atoms with E-state index in [0.29, 0.717) is 27.1 Å². The molecule has 0 aliphatic heterocycles. The number of carbonyl (C=O) groups is 2. The summed E-state index contributed by atoms with van der Waals surface area (Å²) in [7, 11) is 0. The summed E-state index contributed by atoms with van der Waals surface area (Å²) in [6.45, 7) is 1.96. The maximum absolute atomic E-state index is 13.0. The number of anilines is 2. The van der Waals surface area contributed by atoms with Crippen molar-refractivity contribution in [2.45, 2.75) is 17.2 Å². The first kappa shape index (κ1) is 25.2. The van der Waals surface area contributed by atoms with E-state index in [9.17, 15) is 9.59 Å². The molecule has 184 valence electrons. The second kappa shape index (κ2) is 9.43. The first-order chi connectivity index (χ1) is 17.0. The molecule has 0 saturated heterocycles. The number of nitrogens with zero attached hydrogens (tertiary/aromatic N) is 1. The zero-order chi connectivity index (χ0) is 25.8. The molecule has 0 radical (unpaired) electrons. The van der Waals surface area contributed by atoms with Gasteiger partial charge < -0.3 is 10.6 Å². The van der Waals surface area contributed by atoms with Crippen LogP contribution in [0.15, 0.2) is 54.6 Å². The van der Waals surface area contributed by atoms with Gasteiger partial charge in [-0.25, -0.2) is 0 Å². The number of fused-ring (bicyclic) bond motifs is 1. The molecule has 1 aliphatic carbocycles. The molecule has 0 bridgehead atoms. The molecule has 11 heteroatoms. The van der Waals surface area contributed by atoms with Crippen LogP contribution in [0.2, 0.25) is 15.1 Å². The number of aryl methyl sites for hydroxylation is 1. The first-order valence-electron chi connectivity index (χ1n) is 10.7. The van der Waals surface area contributed by atoms with Crippen molar-refractivity contribution in [3.63, 3.8) is 0 Å². The zero-order valence-corrected chi connectivity index (χ0v) is 22.3. The highest BCUT2D eigenvalue weighted by atomic mass is 35.5. The topological polar surface area (TPSA) is 86.9 Å². The molecule has 2 atom stereocenters. The lowest BCUT2D eigenvalue weighted by Crippen LogP contribution is -2.18. The van der Waals surface area contributed by atoms with Crippen molar-refractivity contribution >= 4 is 92.2 Å². The van der Waals surface area contributed by atoms with Gasteiger partial charge >= 0.3 is 0 Å². The Labute approximate surface area is 231 Å². The van der Waals surface area contributed by atoms with Crippen molar-refractivity contribution < 1.29 is 9.59 Å². The summed E-state index contributed by atoms with van der Waals surface area (Å²) in [5.41, 5.74) is 3.04. The van der Waals surface area contributed by atoms with Crippen LogP contribution in [-0.4, -0.2) is 26.3 Å². The van der Waals surface area contributed by atoms with Crippen molar-refractivity contribution in [1.82, 2.24) is 10.2 Å². The number of nitrogens with one attached hydrogen (secondary N) is 3. The number of benzene rings is 3. The summed E-state index contributed by atoms with van der Waals surface area (Å²) in [6.07, 6.45) is 0. The highest BCUT2D eigenvalue weighted by Crippen LogP contribution is 2.65. The van der Waals surface area contributed by atoms with Gasteiger partial charge in [-0.1, -0.05) is 40.9 Å². The van der Waals surface area contributed by atoms with Crippen LogP contribution in [0.1, 0.15) is 27.4 Å². The van der Waals surface area contributed by atoms with E-state index in [1.807, 2.05) is 25.1 Å². The van der Waals surface area contributed by atoms with E-state index in [4.69, 9.17) is 58.0 Å². The molecule has 3 N–H and O–H groups in total. The molecule has 0 spiro atoms. The van der Waals surface area contributed by atoms with Crippen molar-refractivity contribution in [1.29, 1.82) is 0 Å². The largest absolute Gasteiger partial charge is 0.326 e. The minimum atomic E-state index is -1.33. The average molecular weight is 583 g/mol. The van der Waals surface area contributed by atoms with Crippen molar-refractivity contribution in [3.8, 4) is 0 Å². The van der Waals surface area contributed by atoms with Gasteiger partial charge in [0.2, 0.25) is 5.91 Å². The predicted molar refractivity (Wildman–Crippen MR) is 146 cm³/mol. The quantitative estimate of drug-likeness (QED) is 0.212. The second-order valence-corrected chi connectivity index (χ2v) is 11.3. The van der Waals surface area contributed by atoms with Crippen molar-refractivity contribution in [3.05, 3.63) is 86.4 Å². The fourth-order valence-electron chi connectivity index (χ4n) is 4.22. The van der Waals surface area contributed by atoms with Gasteiger partial charge in [0, 0.05) is 27.0 Å². The van der Waals surface area contributed by atoms with Gasteiger partial charge in [0.25, 0.3) is 5.91 Å². The smallest absolute Gasteiger partial charge is 0.258 e. The van der Waals surface area contributed by atoms with Gasteiger partial charge in [0.05, 0.1) is 22.0 Å². The predicted octanol–water partition coefficient (Wildman–Crippen LogP) is 7.61. The monoisotopic (exact) mass is 580 g/mol. The SMILES string of the molecule is Cc1ccc2c(NC(=O)c3cc(NC(=O)[C@H]4[C@H](c5cc(Cl)cc(Cl)c5)C4(Cl)Cl)ccc3Cl)n[nH]c2c1.